The van der Waals surface area contributed by atoms with Crippen LogP contribution in [0.1, 0.15) is 47.2 Å². The molecule has 0 saturated carbocycles. The molecule has 8 aromatic carbocycles. The van der Waals surface area contributed by atoms with Crippen LogP contribution in [0.25, 0.3) is 33.4 Å². The van der Waals surface area contributed by atoms with Crippen LogP contribution >= 0.6 is 0 Å². The van der Waals surface area contributed by atoms with Crippen molar-refractivity contribution in [1.82, 2.24) is 0 Å². The van der Waals surface area contributed by atoms with Gasteiger partial charge >= 0.3 is 0 Å². The van der Waals surface area contributed by atoms with E-state index >= 15 is 0 Å². The van der Waals surface area contributed by atoms with Crippen molar-refractivity contribution in [1.29, 1.82) is 0 Å². The first-order chi connectivity index (χ1) is 26.0. The quantitative estimate of drug-likeness (QED) is 0.169. The van der Waals surface area contributed by atoms with Crippen molar-refractivity contribution < 1.29 is 0 Å². The molecule has 1 heteroatoms. The number of benzene rings is 8. The van der Waals surface area contributed by atoms with Gasteiger partial charge in [-0.05, 0) is 117 Å². The molecule has 0 aromatic heterocycles. The van der Waals surface area contributed by atoms with E-state index in [1.165, 1.54) is 66.8 Å². The minimum Gasteiger partial charge on any atom is -0.310 e. The van der Waals surface area contributed by atoms with Gasteiger partial charge in [-0.3, -0.25) is 0 Å². The van der Waals surface area contributed by atoms with Crippen molar-refractivity contribution in [3.63, 3.8) is 0 Å². The summed E-state index contributed by atoms with van der Waals surface area (Å²) in [6.07, 6.45) is 0. The zero-order valence-electron chi connectivity index (χ0n) is 30.0. The Morgan fingerprint density at radius 2 is 0.660 bits per heavy atom. The summed E-state index contributed by atoms with van der Waals surface area (Å²) in [4.78, 5) is 2.44. The molecule has 2 unspecified atom stereocenters. The first kappa shape index (κ1) is 31.3. The maximum absolute atomic E-state index is 2.44. The average molecular weight is 678 g/mol. The van der Waals surface area contributed by atoms with Gasteiger partial charge in [-0.15, -0.1) is 0 Å². The van der Waals surface area contributed by atoms with E-state index in [1.807, 2.05) is 0 Å². The fraction of sp³-hybridized carbons (Fsp3) is 0.0769. The van der Waals surface area contributed by atoms with Gasteiger partial charge in [0, 0.05) is 27.9 Å². The van der Waals surface area contributed by atoms with Gasteiger partial charge in [0.15, 0.2) is 0 Å². The second-order valence-electron chi connectivity index (χ2n) is 14.8. The predicted octanol–water partition coefficient (Wildman–Crippen LogP) is 13.5. The number of rotatable bonds is 6. The maximum atomic E-state index is 2.44. The topological polar surface area (TPSA) is 3.24 Å². The van der Waals surface area contributed by atoms with Crippen molar-refractivity contribution in [3.8, 4) is 33.4 Å². The molecule has 2 atom stereocenters. The van der Waals surface area contributed by atoms with E-state index in [2.05, 4.69) is 219 Å². The van der Waals surface area contributed by atoms with Gasteiger partial charge in [0.25, 0.3) is 0 Å². The standard InChI is InChI=1S/C52H39N/c1-51(38-18-8-4-9-19-38)47-24-14-12-22-43(47)45-34-41(30-32-49(45)51)53(40-28-26-37(27-29-40)36-16-6-3-7-17-36)42-31-33-50-46(35-42)44-23-13-15-25-48(44)52(50,2)39-20-10-5-11-21-39/h3-35H,1-2H3. The molecule has 0 N–H and O–H groups in total. The number of hydrogen-bond acceptors (Lipinski definition) is 1. The van der Waals surface area contributed by atoms with E-state index in [4.69, 9.17) is 0 Å². The van der Waals surface area contributed by atoms with Gasteiger partial charge in [0.05, 0.1) is 0 Å². The molecule has 1 nitrogen and oxygen atoms in total. The fourth-order valence-electron chi connectivity index (χ4n) is 9.30. The zero-order chi connectivity index (χ0) is 35.6. The maximum Gasteiger partial charge on any atom is 0.0468 e. The van der Waals surface area contributed by atoms with Crippen LogP contribution < -0.4 is 4.90 Å². The van der Waals surface area contributed by atoms with Crippen LogP contribution in [0.5, 0.6) is 0 Å². The lowest BCUT2D eigenvalue weighted by Crippen LogP contribution is -2.22. The first-order valence-corrected chi connectivity index (χ1v) is 18.6. The predicted molar refractivity (Wildman–Crippen MR) is 221 cm³/mol. The minimum absolute atomic E-state index is 0.243. The lowest BCUT2D eigenvalue weighted by Gasteiger charge is -2.30. The monoisotopic (exact) mass is 677 g/mol. The number of anilines is 3. The molecule has 0 bridgehead atoms. The van der Waals surface area contributed by atoms with E-state index in [-0.39, 0.29) is 10.8 Å². The largest absolute Gasteiger partial charge is 0.310 e. The molecule has 8 aromatic rings. The Hall–Kier alpha value is -6.44. The molecule has 0 radical (unpaired) electrons. The third kappa shape index (κ3) is 4.70. The van der Waals surface area contributed by atoms with Crippen LogP contribution in [0, 0.1) is 0 Å². The summed E-state index contributed by atoms with van der Waals surface area (Å²) < 4.78 is 0. The van der Waals surface area contributed by atoms with Crippen molar-refractivity contribution >= 4 is 17.1 Å². The highest BCUT2D eigenvalue weighted by Crippen LogP contribution is 2.56. The van der Waals surface area contributed by atoms with Gasteiger partial charge in [-0.25, -0.2) is 0 Å². The fourth-order valence-corrected chi connectivity index (χ4v) is 9.30. The van der Waals surface area contributed by atoms with Gasteiger partial charge in [0.1, 0.15) is 0 Å². The second-order valence-corrected chi connectivity index (χ2v) is 14.8. The SMILES string of the molecule is CC1(c2ccccc2)c2ccccc2-c2cc(N(c3ccc(-c4ccccc4)cc3)c3ccc4c(c3)-c3ccccc3C4(C)c3ccccc3)ccc21. The lowest BCUT2D eigenvalue weighted by atomic mass is 9.74. The van der Waals surface area contributed by atoms with E-state index in [0.717, 1.165) is 17.1 Å². The lowest BCUT2D eigenvalue weighted by molar-refractivity contribution is 0.714. The number of nitrogens with zero attached hydrogens (tertiary/aromatic N) is 1. The van der Waals surface area contributed by atoms with Crippen LogP contribution in [0.4, 0.5) is 17.1 Å². The molecule has 0 saturated heterocycles. The highest BCUT2D eigenvalue weighted by atomic mass is 15.1. The molecule has 10 rings (SSSR count). The molecule has 0 fully saturated rings. The van der Waals surface area contributed by atoms with Crippen LogP contribution in [0.2, 0.25) is 0 Å². The van der Waals surface area contributed by atoms with E-state index in [1.54, 1.807) is 0 Å². The molecule has 0 amide bonds. The highest BCUT2D eigenvalue weighted by Gasteiger charge is 2.42. The molecule has 0 aliphatic heterocycles. The van der Waals surface area contributed by atoms with Crippen molar-refractivity contribution in [2.24, 2.45) is 0 Å². The summed E-state index contributed by atoms with van der Waals surface area (Å²) in [7, 11) is 0. The summed E-state index contributed by atoms with van der Waals surface area (Å²) in [6.45, 7) is 4.77. The number of fused-ring (bicyclic) bond motifs is 6. The Morgan fingerprint density at radius 1 is 0.302 bits per heavy atom. The van der Waals surface area contributed by atoms with Crippen LogP contribution in [0.3, 0.4) is 0 Å². The van der Waals surface area contributed by atoms with Crippen molar-refractivity contribution in [3.05, 3.63) is 234 Å². The summed E-state index contributed by atoms with van der Waals surface area (Å²) in [5.74, 6) is 0. The van der Waals surface area contributed by atoms with E-state index in [9.17, 15) is 0 Å². The Bertz CT molecular complexity index is 2480. The van der Waals surface area contributed by atoms with Crippen LogP contribution in [-0.2, 0) is 10.8 Å². The third-order valence-corrected chi connectivity index (χ3v) is 12.0. The van der Waals surface area contributed by atoms with Crippen molar-refractivity contribution in [2.45, 2.75) is 24.7 Å². The molecular weight excluding hydrogens is 639 g/mol. The Labute approximate surface area is 312 Å². The Kier molecular flexibility index (Phi) is 7.13. The van der Waals surface area contributed by atoms with Gasteiger partial charge < -0.3 is 4.90 Å². The summed E-state index contributed by atoms with van der Waals surface area (Å²) >= 11 is 0. The summed E-state index contributed by atoms with van der Waals surface area (Å²) in [5.41, 5.74) is 18.5. The van der Waals surface area contributed by atoms with Gasteiger partial charge in [0.2, 0.25) is 0 Å². The molecule has 0 heterocycles. The zero-order valence-corrected chi connectivity index (χ0v) is 30.0. The first-order valence-electron chi connectivity index (χ1n) is 18.6. The van der Waals surface area contributed by atoms with E-state index < -0.39 is 0 Å². The molecule has 252 valence electrons. The Balaban J connectivity index is 1.17. The molecule has 2 aliphatic rings. The number of hydrogen-bond donors (Lipinski definition) is 0. The van der Waals surface area contributed by atoms with Crippen molar-refractivity contribution in [2.75, 3.05) is 4.90 Å². The second kappa shape index (κ2) is 12.1. The average Bonchev–Trinajstić information content (AvgIpc) is 3.65. The summed E-state index contributed by atoms with van der Waals surface area (Å²) in [5, 5.41) is 0. The van der Waals surface area contributed by atoms with E-state index in [0.29, 0.717) is 0 Å². The highest BCUT2D eigenvalue weighted by molar-refractivity contribution is 5.91. The van der Waals surface area contributed by atoms with Crippen LogP contribution in [-0.4, -0.2) is 0 Å². The molecule has 0 spiro atoms. The summed E-state index contributed by atoms with van der Waals surface area (Å²) in [6, 6.07) is 73.8. The van der Waals surface area contributed by atoms with Crippen LogP contribution in [0.15, 0.2) is 200 Å². The van der Waals surface area contributed by atoms with Gasteiger partial charge in [-0.2, -0.15) is 0 Å². The smallest absolute Gasteiger partial charge is 0.0468 e. The van der Waals surface area contributed by atoms with Gasteiger partial charge in [-0.1, -0.05) is 164 Å². The molecular formula is C52H39N. The molecule has 2 aliphatic carbocycles. The normalized spacial score (nSPS) is 17.8. The molecule has 53 heavy (non-hydrogen) atoms. The third-order valence-electron chi connectivity index (χ3n) is 12.0. The minimum atomic E-state index is -0.243. The Morgan fingerprint density at radius 3 is 1.13 bits per heavy atom.